The van der Waals surface area contributed by atoms with Crippen LogP contribution in [0.25, 0.3) is 33.6 Å². The highest BCUT2D eigenvalue weighted by Gasteiger charge is 2.28. The molecule has 1 aliphatic carbocycles. The van der Waals surface area contributed by atoms with E-state index in [4.69, 9.17) is 0 Å². The molecule has 168 valence electrons. The Balaban J connectivity index is 1.33. The molecule has 3 heterocycles. The SMILES string of the molecule is CNC(=O)[C@H]1CCC[C@H](n2cc(-c3cnc(-c4cccc(-c5cnn(C)c5)c4)nc3)cn2)C1. The lowest BCUT2D eigenvalue weighted by molar-refractivity contribution is -0.125. The van der Waals surface area contributed by atoms with Crippen LogP contribution in [0.3, 0.4) is 0 Å². The lowest BCUT2D eigenvalue weighted by atomic mass is 9.85. The zero-order chi connectivity index (χ0) is 22.8. The fourth-order valence-electron chi connectivity index (χ4n) is 4.57. The Kier molecular flexibility index (Phi) is 5.73. The second-order valence-corrected chi connectivity index (χ2v) is 8.62. The number of aryl methyl sites for hydroxylation is 1. The van der Waals surface area contributed by atoms with Gasteiger partial charge in [-0.05, 0) is 30.9 Å². The molecule has 3 aromatic heterocycles. The molecule has 8 heteroatoms. The van der Waals surface area contributed by atoms with Gasteiger partial charge in [-0.1, -0.05) is 24.6 Å². The molecule has 0 bridgehead atoms. The minimum Gasteiger partial charge on any atom is -0.359 e. The summed E-state index contributed by atoms with van der Waals surface area (Å²) < 4.78 is 3.79. The van der Waals surface area contributed by atoms with E-state index in [-0.39, 0.29) is 17.9 Å². The summed E-state index contributed by atoms with van der Waals surface area (Å²) >= 11 is 0. The Morgan fingerprint density at radius 3 is 2.45 bits per heavy atom. The Morgan fingerprint density at radius 1 is 0.939 bits per heavy atom. The van der Waals surface area contributed by atoms with E-state index in [0.717, 1.165) is 53.5 Å². The largest absolute Gasteiger partial charge is 0.359 e. The number of carbonyl (C=O) groups is 1. The van der Waals surface area contributed by atoms with Gasteiger partial charge in [0.2, 0.25) is 5.91 Å². The number of nitrogens with zero attached hydrogens (tertiary/aromatic N) is 6. The van der Waals surface area contributed by atoms with Crippen LogP contribution in [-0.4, -0.2) is 42.5 Å². The first-order valence-corrected chi connectivity index (χ1v) is 11.3. The highest BCUT2D eigenvalue weighted by Crippen LogP contribution is 2.33. The van der Waals surface area contributed by atoms with Crippen molar-refractivity contribution in [1.29, 1.82) is 0 Å². The molecule has 33 heavy (non-hydrogen) atoms. The fraction of sp³-hybridized carbons (Fsp3) is 0.320. The average molecular weight is 442 g/mol. The number of aromatic nitrogens is 6. The summed E-state index contributed by atoms with van der Waals surface area (Å²) in [5.41, 5.74) is 5.00. The number of hydrogen-bond donors (Lipinski definition) is 1. The topological polar surface area (TPSA) is 90.5 Å². The van der Waals surface area contributed by atoms with Crippen molar-refractivity contribution < 1.29 is 4.79 Å². The van der Waals surface area contributed by atoms with E-state index < -0.39 is 0 Å². The molecule has 0 aliphatic heterocycles. The van der Waals surface area contributed by atoms with Crippen molar-refractivity contribution in [1.82, 2.24) is 34.8 Å². The summed E-state index contributed by atoms with van der Waals surface area (Å²) in [5.74, 6) is 0.868. The first kappa shape index (κ1) is 21.1. The number of amides is 1. The van der Waals surface area contributed by atoms with Crippen molar-refractivity contribution >= 4 is 5.91 Å². The lowest BCUT2D eigenvalue weighted by Crippen LogP contribution is -2.32. The maximum atomic E-state index is 12.1. The van der Waals surface area contributed by atoms with E-state index in [1.165, 1.54) is 0 Å². The van der Waals surface area contributed by atoms with Crippen LogP contribution in [0.5, 0.6) is 0 Å². The van der Waals surface area contributed by atoms with E-state index in [0.29, 0.717) is 5.82 Å². The third kappa shape index (κ3) is 4.41. The Hall–Kier alpha value is -3.81. The molecule has 0 unspecified atom stereocenters. The highest BCUT2D eigenvalue weighted by atomic mass is 16.1. The second kappa shape index (κ2) is 8.97. The summed E-state index contributed by atoms with van der Waals surface area (Å²) in [4.78, 5) is 21.3. The van der Waals surface area contributed by atoms with E-state index in [1.54, 1.807) is 11.7 Å². The summed E-state index contributed by atoms with van der Waals surface area (Å²) in [6.07, 6.45) is 15.3. The smallest absolute Gasteiger partial charge is 0.222 e. The average Bonchev–Trinajstić information content (AvgIpc) is 3.53. The van der Waals surface area contributed by atoms with Crippen LogP contribution in [0.1, 0.15) is 31.7 Å². The van der Waals surface area contributed by atoms with Crippen molar-refractivity contribution in [3.05, 3.63) is 61.4 Å². The van der Waals surface area contributed by atoms with Crippen molar-refractivity contribution in [2.75, 3.05) is 7.05 Å². The molecular weight excluding hydrogens is 414 g/mol. The maximum absolute atomic E-state index is 12.1. The third-order valence-corrected chi connectivity index (χ3v) is 6.38. The first-order chi connectivity index (χ1) is 16.1. The van der Waals surface area contributed by atoms with Gasteiger partial charge < -0.3 is 5.32 Å². The van der Waals surface area contributed by atoms with Gasteiger partial charge in [-0.15, -0.1) is 0 Å². The van der Waals surface area contributed by atoms with E-state index in [1.807, 2.05) is 61.0 Å². The van der Waals surface area contributed by atoms with E-state index >= 15 is 0 Å². The maximum Gasteiger partial charge on any atom is 0.222 e. The van der Waals surface area contributed by atoms with Gasteiger partial charge in [0.25, 0.3) is 0 Å². The van der Waals surface area contributed by atoms with Crippen molar-refractivity contribution in [3.63, 3.8) is 0 Å². The lowest BCUT2D eigenvalue weighted by Gasteiger charge is -2.28. The molecule has 0 saturated heterocycles. The molecule has 1 saturated carbocycles. The van der Waals surface area contributed by atoms with Gasteiger partial charge in [-0.2, -0.15) is 10.2 Å². The predicted octanol–water partition coefficient (Wildman–Crippen LogP) is 3.88. The molecule has 1 aliphatic rings. The quantitative estimate of drug-likeness (QED) is 0.507. The number of benzene rings is 1. The zero-order valence-corrected chi connectivity index (χ0v) is 18.8. The predicted molar refractivity (Wildman–Crippen MR) is 126 cm³/mol. The van der Waals surface area contributed by atoms with Gasteiger partial charge in [0.05, 0.1) is 18.4 Å². The van der Waals surface area contributed by atoms with Crippen LogP contribution >= 0.6 is 0 Å². The van der Waals surface area contributed by atoms with Crippen LogP contribution < -0.4 is 5.32 Å². The van der Waals surface area contributed by atoms with Gasteiger partial charge >= 0.3 is 0 Å². The van der Waals surface area contributed by atoms with Gasteiger partial charge in [0, 0.05) is 67.1 Å². The van der Waals surface area contributed by atoms with Gasteiger partial charge in [0.1, 0.15) is 0 Å². The van der Waals surface area contributed by atoms with Crippen molar-refractivity contribution in [2.45, 2.75) is 31.7 Å². The van der Waals surface area contributed by atoms with Gasteiger partial charge in [-0.3, -0.25) is 14.2 Å². The molecule has 2 atom stereocenters. The van der Waals surface area contributed by atoms with Crippen molar-refractivity contribution in [3.8, 4) is 33.6 Å². The molecule has 0 spiro atoms. The minimum atomic E-state index is 0.0615. The summed E-state index contributed by atoms with van der Waals surface area (Å²) in [6, 6.07) is 8.40. The van der Waals surface area contributed by atoms with Gasteiger partial charge in [-0.25, -0.2) is 9.97 Å². The summed E-state index contributed by atoms with van der Waals surface area (Å²) in [5, 5.41) is 11.6. The van der Waals surface area contributed by atoms with Crippen LogP contribution in [0.4, 0.5) is 0 Å². The Morgan fingerprint density at radius 2 is 1.70 bits per heavy atom. The molecule has 0 radical (unpaired) electrons. The first-order valence-electron chi connectivity index (χ1n) is 11.3. The van der Waals surface area contributed by atoms with Crippen LogP contribution in [0, 0.1) is 5.92 Å². The second-order valence-electron chi connectivity index (χ2n) is 8.62. The van der Waals surface area contributed by atoms with Crippen LogP contribution in [-0.2, 0) is 11.8 Å². The minimum absolute atomic E-state index is 0.0615. The van der Waals surface area contributed by atoms with Crippen LogP contribution in [0.15, 0.2) is 61.4 Å². The molecule has 4 aromatic rings. The molecule has 1 amide bonds. The monoisotopic (exact) mass is 441 g/mol. The number of nitrogens with one attached hydrogen (secondary N) is 1. The molecule has 1 fully saturated rings. The Labute approximate surface area is 192 Å². The standard InChI is InChI=1S/C25H27N7O/c1-26-25(33)19-7-4-8-23(10-19)32-16-22(14-30-32)20-11-27-24(28-12-20)18-6-3-5-17(9-18)21-13-29-31(2)15-21/h3,5-6,9,11-16,19,23H,4,7-8,10H2,1-2H3,(H,26,33)/t19-,23-/m0/s1. The van der Waals surface area contributed by atoms with Gasteiger partial charge in [0.15, 0.2) is 5.82 Å². The van der Waals surface area contributed by atoms with Crippen LogP contribution in [0.2, 0.25) is 0 Å². The van der Waals surface area contributed by atoms with E-state index in [9.17, 15) is 4.79 Å². The number of rotatable bonds is 5. The summed E-state index contributed by atoms with van der Waals surface area (Å²) in [7, 11) is 3.61. The molecule has 5 rings (SSSR count). The number of carbonyl (C=O) groups excluding carboxylic acids is 1. The Bertz CT molecular complexity index is 1260. The molecule has 1 aromatic carbocycles. The summed E-state index contributed by atoms with van der Waals surface area (Å²) in [6.45, 7) is 0. The number of hydrogen-bond acceptors (Lipinski definition) is 5. The molecular formula is C25H27N7O. The zero-order valence-electron chi connectivity index (χ0n) is 18.8. The normalized spacial score (nSPS) is 18.2. The van der Waals surface area contributed by atoms with Crippen molar-refractivity contribution in [2.24, 2.45) is 13.0 Å². The fourth-order valence-corrected chi connectivity index (χ4v) is 4.57. The molecule has 1 N–H and O–H groups in total. The van der Waals surface area contributed by atoms with E-state index in [2.05, 4.69) is 37.6 Å². The third-order valence-electron chi connectivity index (χ3n) is 6.38. The molecule has 8 nitrogen and oxygen atoms in total. The highest BCUT2D eigenvalue weighted by molar-refractivity contribution is 5.78.